The molecule has 0 N–H and O–H groups in total. The van der Waals surface area contributed by atoms with Crippen LogP contribution in [0.2, 0.25) is 0 Å². The molecule has 1 aliphatic heterocycles. The maximum absolute atomic E-state index is 10.4. The fourth-order valence-electron chi connectivity index (χ4n) is 3.08. The second-order valence-corrected chi connectivity index (χ2v) is 5.94. The van der Waals surface area contributed by atoms with Crippen molar-refractivity contribution >= 4 is 0 Å². The van der Waals surface area contributed by atoms with Gasteiger partial charge in [0.15, 0.2) is 0 Å². The lowest BCUT2D eigenvalue weighted by Crippen LogP contribution is -2.40. The van der Waals surface area contributed by atoms with Crippen molar-refractivity contribution in [2.75, 3.05) is 26.2 Å². The van der Waals surface area contributed by atoms with Crippen molar-refractivity contribution in [3.05, 3.63) is 28.5 Å². The van der Waals surface area contributed by atoms with E-state index in [-0.39, 0.29) is 0 Å². The first-order chi connectivity index (χ1) is 9.17. The van der Waals surface area contributed by atoms with Crippen molar-refractivity contribution < 1.29 is 4.74 Å². The number of allylic oxidation sites excluding steroid dienone is 4. The largest absolute Gasteiger partial charge is 0.497 e. The summed E-state index contributed by atoms with van der Waals surface area (Å²) in [5.74, 6) is 2.56. The van der Waals surface area contributed by atoms with Gasteiger partial charge in [-0.15, -0.1) is 4.91 Å². The topological polar surface area (TPSA) is 41.9 Å². The Balaban J connectivity index is 1.71. The van der Waals surface area contributed by atoms with Crippen LogP contribution in [0.15, 0.2) is 28.8 Å². The third-order valence-electron chi connectivity index (χ3n) is 3.85. The van der Waals surface area contributed by atoms with E-state index in [9.17, 15) is 4.91 Å². The van der Waals surface area contributed by atoms with Crippen LogP contribution in [-0.4, -0.2) is 31.1 Å². The van der Waals surface area contributed by atoms with Crippen LogP contribution in [0.5, 0.6) is 0 Å². The third kappa shape index (κ3) is 4.46. The first kappa shape index (κ1) is 14.3. The zero-order valence-corrected chi connectivity index (χ0v) is 12.0. The minimum atomic E-state index is 0.617. The lowest BCUT2D eigenvalue weighted by atomic mass is 9.92. The highest BCUT2D eigenvalue weighted by Crippen LogP contribution is 2.22. The lowest BCUT2D eigenvalue weighted by molar-refractivity contribution is 0.0989. The van der Waals surface area contributed by atoms with Gasteiger partial charge in [-0.2, -0.15) is 0 Å². The maximum Gasteiger partial charge on any atom is 0.100 e. The van der Waals surface area contributed by atoms with Gasteiger partial charge in [0.1, 0.15) is 6.61 Å². The highest BCUT2D eigenvalue weighted by Gasteiger charge is 2.21. The van der Waals surface area contributed by atoms with Crippen LogP contribution in [0, 0.1) is 16.7 Å². The summed E-state index contributed by atoms with van der Waals surface area (Å²) >= 11 is 0. The average Bonchev–Trinajstić information content (AvgIpc) is 2.38. The number of rotatable bonds is 5. The molecule has 0 aromatic carbocycles. The van der Waals surface area contributed by atoms with Crippen molar-refractivity contribution in [1.29, 1.82) is 0 Å². The Hall–Kier alpha value is -1.16. The number of nitroso groups, excluding NO2 is 1. The fraction of sp³-hybridized carbons (Fsp3) is 0.733. The third-order valence-corrected chi connectivity index (χ3v) is 3.85. The van der Waals surface area contributed by atoms with E-state index in [1.165, 1.54) is 19.5 Å². The van der Waals surface area contributed by atoms with E-state index in [0.29, 0.717) is 12.1 Å². The Bertz CT molecular complexity index is 366. The Morgan fingerprint density at radius 2 is 2.00 bits per heavy atom. The van der Waals surface area contributed by atoms with Crippen molar-refractivity contribution in [2.45, 2.75) is 33.1 Å². The number of ether oxygens (including phenoxy) is 1. The van der Waals surface area contributed by atoms with Crippen molar-refractivity contribution in [3.8, 4) is 0 Å². The molecule has 0 amide bonds. The molecule has 4 heteroatoms. The summed E-state index contributed by atoms with van der Waals surface area (Å²) in [7, 11) is 0. The first-order valence-electron chi connectivity index (χ1n) is 7.25. The summed E-state index contributed by atoms with van der Waals surface area (Å²) in [5, 5.41) is 2.96. The van der Waals surface area contributed by atoms with Gasteiger partial charge >= 0.3 is 0 Å². The molecule has 1 fully saturated rings. The summed E-state index contributed by atoms with van der Waals surface area (Å²) < 4.78 is 5.78. The standard InChI is InChI=1S/C15H24N2O2/c1-12-9-13(2)11-17(10-12)7-8-19-15-5-3-14(16-18)4-6-15/h3,5,12-13H,4,6-11H2,1-2H3. The van der Waals surface area contributed by atoms with Gasteiger partial charge in [-0.25, -0.2) is 0 Å². The number of hydrogen-bond donors (Lipinski definition) is 0. The molecule has 2 unspecified atom stereocenters. The maximum atomic E-state index is 10.4. The normalized spacial score (nSPS) is 28.5. The molecule has 2 rings (SSSR count). The zero-order chi connectivity index (χ0) is 13.7. The van der Waals surface area contributed by atoms with Gasteiger partial charge in [0, 0.05) is 32.5 Å². The second-order valence-electron chi connectivity index (χ2n) is 5.94. The Kier molecular flexibility index (Phi) is 5.14. The lowest BCUT2D eigenvalue weighted by Gasteiger charge is -2.34. The monoisotopic (exact) mass is 264 g/mol. The molecular weight excluding hydrogens is 240 g/mol. The zero-order valence-electron chi connectivity index (χ0n) is 12.0. The van der Waals surface area contributed by atoms with Crippen molar-refractivity contribution in [1.82, 2.24) is 4.90 Å². The van der Waals surface area contributed by atoms with Gasteiger partial charge in [0.2, 0.25) is 0 Å². The Labute approximate surface area is 115 Å². The molecule has 19 heavy (non-hydrogen) atoms. The van der Waals surface area contributed by atoms with Gasteiger partial charge in [0.25, 0.3) is 0 Å². The molecular formula is C15H24N2O2. The van der Waals surface area contributed by atoms with Crippen LogP contribution < -0.4 is 0 Å². The Morgan fingerprint density at radius 3 is 2.58 bits per heavy atom. The van der Waals surface area contributed by atoms with E-state index >= 15 is 0 Å². The Morgan fingerprint density at radius 1 is 1.26 bits per heavy atom. The molecule has 0 bridgehead atoms. The highest BCUT2D eigenvalue weighted by atomic mass is 16.5. The van der Waals surface area contributed by atoms with Crippen LogP contribution in [0.3, 0.4) is 0 Å². The van der Waals surface area contributed by atoms with Gasteiger partial charge < -0.3 is 4.74 Å². The fourth-order valence-corrected chi connectivity index (χ4v) is 3.08. The summed E-state index contributed by atoms with van der Waals surface area (Å²) in [6.45, 7) is 8.76. The molecule has 0 saturated carbocycles. The van der Waals surface area contributed by atoms with Gasteiger partial charge in [-0.3, -0.25) is 4.90 Å². The molecule has 0 radical (unpaired) electrons. The predicted molar refractivity (Wildman–Crippen MR) is 76.5 cm³/mol. The molecule has 0 spiro atoms. The SMILES string of the molecule is CC1CC(C)CN(CCOC2=CC=C(N=O)CC2)C1. The van der Waals surface area contributed by atoms with Crippen molar-refractivity contribution in [2.24, 2.45) is 17.0 Å². The summed E-state index contributed by atoms with van der Waals surface area (Å²) in [4.78, 5) is 12.9. The molecule has 2 atom stereocenters. The van der Waals surface area contributed by atoms with E-state index in [1.54, 1.807) is 6.08 Å². The molecule has 1 saturated heterocycles. The van der Waals surface area contributed by atoms with E-state index in [1.807, 2.05) is 6.08 Å². The first-order valence-corrected chi connectivity index (χ1v) is 7.25. The number of piperidine rings is 1. The summed E-state index contributed by atoms with van der Waals surface area (Å²) in [5.41, 5.74) is 0.617. The van der Waals surface area contributed by atoms with Crippen LogP contribution in [0.4, 0.5) is 0 Å². The number of nitrogens with zero attached hydrogens (tertiary/aromatic N) is 2. The van der Waals surface area contributed by atoms with Gasteiger partial charge in [-0.1, -0.05) is 13.8 Å². The predicted octanol–water partition coefficient (Wildman–Crippen LogP) is 3.31. The summed E-state index contributed by atoms with van der Waals surface area (Å²) in [6, 6.07) is 0. The second kappa shape index (κ2) is 6.85. The minimum absolute atomic E-state index is 0.617. The molecule has 1 heterocycles. The molecule has 0 aromatic rings. The van der Waals surface area contributed by atoms with Crippen LogP contribution >= 0.6 is 0 Å². The molecule has 1 aliphatic carbocycles. The van der Waals surface area contributed by atoms with E-state index < -0.39 is 0 Å². The van der Waals surface area contributed by atoms with E-state index in [0.717, 1.165) is 37.2 Å². The van der Waals surface area contributed by atoms with E-state index in [4.69, 9.17) is 4.74 Å². The van der Waals surface area contributed by atoms with Gasteiger partial charge in [-0.05, 0) is 35.6 Å². The quantitative estimate of drug-likeness (QED) is 0.715. The van der Waals surface area contributed by atoms with Crippen LogP contribution in [0.25, 0.3) is 0 Å². The molecule has 4 nitrogen and oxygen atoms in total. The van der Waals surface area contributed by atoms with Gasteiger partial charge in [0.05, 0.1) is 11.5 Å². The number of hydrogen-bond acceptors (Lipinski definition) is 4. The molecule has 0 aromatic heterocycles. The highest BCUT2D eigenvalue weighted by molar-refractivity contribution is 5.19. The number of likely N-dealkylation sites (tertiary alicyclic amines) is 1. The minimum Gasteiger partial charge on any atom is -0.497 e. The average molecular weight is 264 g/mol. The molecule has 106 valence electrons. The smallest absolute Gasteiger partial charge is 0.100 e. The van der Waals surface area contributed by atoms with Crippen LogP contribution in [0.1, 0.15) is 33.1 Å². The van der Waals surface area contributed by atoms with E-state index in [2.05, 4.69) is 23.9 Å². The molecule has 2 aliphatic rings. The summed E-state index contributed by atoms with van der Waals surface area (Å²) in [6.07, 6.45) is 6.48. The van der Waals surface area contributed by atoms with Crippen molar-refractivity contribution in [3.63, 3.8) is 0 Å². The van der Waals surface area contributed by atoms with Crippen LogP contribution in [-0.2, 0) is 4.74 Å².